The minimum Gasteiger partial charge on any atom is -0.232 e. The summed E-state index contributed by atoms with van der Waals surface area (Å²) in [5.41, 5.74) is 0.0962. The molecular weight excluding hydrogens is 316 g/mol. The maximum atomic E-state index is 12.4. The van der Waals surface area contributed by atoms with Crippen LogP contribution in [0.25, 0.3) is 0 Å². The van der Waals surface area contributed by atoms with Crippen LogP contribution in [0.15, 0.2) is 10.4 Å². The molecule has 0 spiro atoms. The second-order valence-corrected chi connectivity index (χ2v) is 9.97. The highest BCUT2D eigenvalue weighted by Gasteiger charge is 2.36. The Morgan fingerprint density at radius 1 is 1.35 bits per heavy atom. The minimum absolute atomic E-state index is 0.00498. The lowest BCUT2D eigenvalue weighted by molar-refractivity contribution is 0.144. The number of hydrogen-bond acceptors (Lipinski definition) is 4. The van der Waals surface area contributed by atoms with E-state index in [2.05, 4.69) is 30.5 Å². The fourth-order valence-electron chi connectivity index (χ4n) is 2.93. The molecule has 4 nitrogen and oxygen atoms in total. The van der Waals surface area contributed by atoms with E-state index in [4.69, 9.17) is 11.6 Å². The maximum Gasteiger partial charge on any atom is 0.251 e. The van der Waals surface area contributed by atoms with E-state index in [0.717, 1.165) is 30.6 Å². The molecule has 1 aliphatic carbocycles. The van der Waals surface area contributed by atoms with Gasteiger partial charge in [0.2, 0.25) is 0 Å². The Morgan fingerprint density at radius 3 is 2.55 bits per heavy atom. The number of aromatic nitrogens is 1. The maximum absolute atomic E-state index is 12.4. The molecule has 0 radical (unpaired) electrons. The molecule has 0 saturated heterocycles. The summed E-state index contributed by atoms with van der Waals surface area (Å²) in [6.07, 6.45) is 5.54. The van der Waals surface area contributed by atoms with Crippen molar-refractivity contribution in [2.24, 2.45) is 11.3 Å². The average molecular weight is 337 g/mol. The molecule has 1 N–H and O–H groups in total. The number of nitrogens with one attached hydrogen (secondary N) is 1. The predicted octanol–water partition coefficient (Wildman–Crippen LogP) is 3.68. The fourth-order valence-corrected chi connectivity index (χ4v) is 5.55. The summed E-state index contributed by atoms with van der Waals surface area (Å²) in [6.45, 7) is 6.52. The zero-order chi connectivity index (χ0) is 15.0. The van der Waals surface area contributed by atoms with Crippen molar-refractivity contribution in [1.29, 1.82) is 0 Å². The van der Waals surface area contributed by atoms with Gasteiger partial charge >= 0.3 is 0 Å². The van der Waals surface area contributed by atoms with E-state index in [1.807, 2.05) is 0 Å². The summed E-state index contributed by atoms with van der Waals surface area (Å²) in [6, 6.07) is -0.00498. The molecule has 1 aromatic heterocycles. The van der Waals surface area contributed by atoms with Crippen molar-refractivity contribution in [2.45, 2.75) is 56.7 Å². The van der Waals surface area contributed by atoms with E-state index in [1.165, 1.54) is 12.6 Å². The van der Waals surface area contributed by atoms with Gasteiger partial charge in [-0.2, -0.15) is 0 Å². The van der Waals surface area contributed by atoms with Gasteiger partial charge in [-0.25, -0.2) is 18.1 Å². The van der Waals surface area contributed by atoms with Crippen molar-refractivity contribution in [3.8, 4) is 0 Å². The monoisotopic (exact) mass is 336 g/mol. The Kier molecular flexibility index (Phi) is 4.79. The molecule has 1 fully saturated rings. The molecule has 7 heteroatoms. The number of halogens is 1. The average Bonchev–Trinajstić information content (AvgIpc) is 2.75. The lowest BCUT2D eigenvalue weighted by Crippen LogP contribution is -2.46. The fraction of sp³-hybridized carbons (Fsp3) is 0.769. The molecule has 20 heavy (non-hydrogen) atoms. The lowest BCUT2D eigenvalue weighted by Gasteiger charge is -2.40. The van der Waals surface area contributed by atoms with Gasteiger partial charge in [-0.1, -0.05) is 56.6 Å². The number of nitrogens with zero attached hydrogens (tertiary/aromatic N) is 1. The van der Waals surface area contributed by atoms with Gasteiger partial charge in [0.1, 0.15) is 0 Å². The number of rotatable bonds is 3. The Morgan fingerprint density at radius 2 is 2.00 bits per heavy atom. The van der Waals surface area contributed by atoms with Crippen molar-refractivity contribution in [3.05, 3.63) is 10.7 Å². The second-order valence-electron chi connectivity index (χ2n) is 6.42. The van der Waals surface area contributed by atoms with Crippen molar-refractivity contribution in [3.63, 3.8) is 0 Å². The number of hydrogen-bond donors (Lipinski definition) is 1. The van der Waals surface area contributed by atoms with Gasteiger partial charge in [-0.3, -0.25) is 0 Å². The van der Waals surface area contributed by atoms with Crippen molar-refractivity contribution >= 4 is 33.0 Å². The molecule has 1 aliphatic rings. The van der Waals surface area contributed by atoms with Gasteiger partial charge in [0.05, 0.1) is 6.20 Å². The van der Waals surface area contributed by atoms with E-state index in [0.29, 0.717) is 5.92 Å². The molecular formula is C13H21ClN2O2S2. The van der Waals surface area contributed by atoms with E-state index in [1.54, 1.807) is 0 Å². The number of thiazole rings is 1. The Balaban J connectivity index is 2.18. The van der Waals surface area contributed by atoms with Crippen molar-refractivity contribution < 1.29 is 8.42 Å². The van der Waals surface area contributed by atoms with E-state index < -0.39 is 10.0 Å². The van der Waals surface area contributed by atoms with Crippen LogP contribution in [0.5, 0.6) is 0 Å². The third-order valence-electron chi connectivity index (χ3n) is 3.91. The Bertz CT molecular complexity index is 563. The highest BCUT2D eigenvalue weighted by molar-refractivity contribution is 7.91. The summed E-state index contributed by atoms with van der Waals surface area (Å²) in [4.78, 5) is 3.81. The van der Waals surface area contributed by atoms with E-state index >= 15 is 0 Å². The molecule has 2 unspecified atom stereocenters. The Hall–Kier alpha value is -0.170. The molecule has 2 rings (SSSR count). The topological polar surface area (TPSA) is 59.1 Å². The summed E-state index contributed by atoms with van der Waals surface area (Å²) in [5.74, 6) is 0.356. The molecule has 1 heterocycles. The van der Waals surface area contributed by atoms with Crippen LogP contribution in [0, 0.1) is 11.3 Å². The van der Waals surface area contributed by atoms with Crippen LogP contribution in [0.1, 0.15) is 46.5 Å². The first-order valence-corrected chi connectivity index (χ1v) is 9.51. The first kappa shape index (κ1) is 16.2. The third-order valence-corrected chi connectivity index (χ3v) is 6.97. The second kappa shape index (κ2) is 5.91. The lowest BCUT2D eigenvalue weighted by atomic mass is 9.70. The van der Waals surface area contributed by atoms with Crippen molar-refractivity contribution in [1.82, 2.24) is 9.71 Å². The van der Waals surface area contributed by atoms with Gasteiger partial charge in [0.25, 0.3) is 10.0 Å². The third kappa shape index (κ3) is 3.72. The van der Waals surface area contributed by atoms with Crippen LogP contribution in [0.4, 0.5) is 0 Å². The predicted molar refractivity (Wildman–Crippen MR) is 82.6 cm³/mol. The highest BCUT2D eigenvalue weighted by Crippen LogP contribution is 2.38. The summed E-state index contributed by atoms with van der Waals surface area (Å²) in [5, 5.41) is 0. The molecule has 1 saturated carbocycles. The van der Waals surface area contributed by atoms with E-state index in [-0.39, 0.29) is 20.1 Å². The first-order valence-electron chi connectivity index (χ1n) is 6.84. The van der Waals surface area contributed by atoms with Gasteiger partial charge < -0.3 is 0 Å². The quantitative estimate of drug-likeness (QED) is 0.915. The van der Waals surface area contributed by atoms with Crippen molar-refractivity contribution in [2.75, 3.05) is 0 Å². The molecule has 1 aromatic rings. The SMILES string of the molecule is CC(C)(C)C1CCCCC1NS(=O)(=O)c1cnc(Cl)s1. The van der Waals surface area contributed by atoms with Gasteiger partial charge in [-0.15, -0.1) is 0 Å². The summed E-state index contributed by atoms with van der Waals surface area (Å²) in [7, 11) is -3.51. The van der Waals surface area contributed by atoms with Crippen LogP contribution < -0.4 is 4.72 Å². The standard InChI is InChI=1S/C13H21ClN2O2S2/c1-13(2,3)9-6-4-5-7-10(9)16-20(17,18)11-8-15-12(14)19-11/h8-10,16H,4-7H2,1-3H3. The minimum atomic E-state index is -3.51. The largest absolute Gasteiger partial charge is 0.251 e. The van der Waals surface area contributed by atoms with E-state index in [9.17, 15) is 8.42 Å². The smallest absolute Gasteiger partial charge is 0.232 e. The summed E-state index contributed by atoms with van der Waals surface area (Å²) < 4.78 is 28.1. The number of sulfonamides is 1. The van der Waals surface area contributed by atoms with Gasteiger partial charge in [0, 0.05) is 6.04 Å². The van der Waals surface area contributed by atoms with Crippen LogP contribution in [-0.4, -0.2) is 19.4 Å². The van der Waals surface area contributed by atoms with Gasteiger partial charge in [-0.05, 0) is 24.2 Å². The molecule has 0 bridgehead atoms. The van der Waals surface area contributed by atoms with Crippen LogP contribution >= 0.6 is 22.9 Å². The van der Waals surface area contributed by atoms with Crippen LogP contribution in [0.2, 0.25) is 4.47 Å². The normalized spacial score (nSPS) is 24.8. The van der Waals surface area contributed by atoms with Crippen LogP contribution in [-0.2, 0) is 10.0 Å². The highest BCUT2D eigenvalue weighted by atomic mass is 35.5. The van der Waals surface area contributed by atoms with Gasteiger partial charge in [0.15, 0.2) is 8.68 Å². The molecule has 2 atom stereocenters. The molecule has 0 amide bonds. The molecule has 114 valence electrons. The zero-order valence-corrected chi connectivity index (χ0v) is 14.4. The molecule has 0 aliphatic heterocycles. The van der Waals surface area contributed by atoms with Crippen LogP contribution in [0.3, 0.4) is 0 Å². The first-order chi connectivity index (χ1) is 9.20. The Labute approximate surface area is 130 Å². The zero-order valence-electron chi connectivity index (χ0n) is 12.0. The molecule has 0 aromatic carbocycles. The summed E-state index contributed by atoms with van der Waals surface area (Å²) >= 11 is 6.72.